The van der Waals surface area contributed by atoms with Gasteiger partial charge in [0.15, 0.2) is 0 Å². The highest BCUT2D eigenvalue weighted by atomic mass is 16.4. The second kappa shape index (κ2) is 10.5. The van der Waals surface area contributed by atoms with E-state index in [0.717, 1.165) is 38.5 Å². The van der Waals surface area contributed by atoms with E-state index in [-0.39, 0.29) is 12.8 Å². The minimum Gasteiger partial charge on any atom is -0.550 e. The maximum Gasteiger partial charge on any atom is 0.0414 e. The number of hydrogen-bond acceptors (Lipinski definition) is 4. The Morgan fingerprint density at radius 1 is 0.562 bits per heavy atom. The largest absolute Gasteiger partial charge is 0.550 e. The van der Waals surface area contributed by atoms with Crippen molar-refractivity contribution in [3.8, 4) is 0 Å². The molecule has 4 nitrogen and oxygen atoms in total. The summed E-state index contributed by atoms with van der Waals surface area (Å²) in [6.45, 7) is 0. The highest BCUT2D eigenvalue weighted by Crippen LogP contribution is 2.10. The van der Waals surface area contributed by atoms with Crippen molar-refractivity contribution in [1.82, 2.24) is 0 Å². The zero-order chi connectivity index (χ0) is 12.2. The number of hydrogen-bond donors (Lipinski definition) is 0. The van der Waals surface area contributed by atoms with Crippen LogP contribution in [0.4, 0.5) is 0 Å². The Bertz CT molecular complexity index is 179. The summed E-state index contributed by atoms with van der Waals surface area (Å²) >= 11 is 0. The first-order valence-electron chi connectivity index (χ1n) is 6.02. The van der Waals surface area contributed by atoms with Crippen molar-refractivity contribution in [1.29, 1.82) is 0 Å². The third kappa shape index (κ3) is 12.9. The van der Waals surface area contributed by atoms with E-state index in [1.807, 2.05) is 0 Å². The summed E-state index contributed by atoms with van der Waals surface area (Å²) in [6.07, 6.45) is 7.88. The third-order valence-electron chi connectivity index (χ3n) is 2.51. The van der Waals surface area contributed by atoms with Gasteiger partial charge in [-0.2, -0.15) is 0 Å². The molecule has 0 amide bonds. The van der Waals surface area contributed by atoms with Crippen LogP contribution in [0.5, 0.6) is 0 Å². The molecule has 0 heterocycles. The molecule has 0 aliphatic carbocycles. The van der Waals surface area contributed by atoms with Crippen LogP contribution >= 0.6 is 0 Å². The fourth-order valence-corrected chi connectivity index (χ4v) is 1.60. The molecule has 94 valence electrons. The van der Waals surface area contributed by atoms with Crippen molar-refractivity contribution in [2.45, 2.75) is 64.2 Å². The van der Waals surface area contributed by atoms with Gasteiger partial charge in [-0.15, -0.1) is 0 Å². The molecule has 0 atom stereocenters. The monoisotopic (exact) mass is 228 g/mol. The van der Waals surface area contributed by atoms with Crippen molar-refractivity contribution in [3.05, 3.63) is 0 Å². The topological polar surface area (TPSA) is 80.3 Å². The summed E-state index contributed by atoms with van der Waals surface area (Å²) in [5.41, 5.74) is 0. The number of carboxylic acid groups (broad SMARTS) is 2. The average Bonchev–Trinajstić information content (AvgIpc) is 2.20. The third-order valence-corrected chi connectivity index (χ3v) is 2.51. The van der Waals surface area contributed by atoms with Gasteiger partial charge in [-0.1, -0.05) is 38.5 Å². The lowest BCUT2D eigenvalue weighted by molar-refractivity contribution is -0.307. The molecule has 0 unspecified atom stereocenters. The van der Waals surface area contributed by atoms with Crippen LogP contribution < -0.4 is 10.2 Å². The summed E-state index contributed by atoms with van der Waals surface area (Å²) in [4.78, 5) is 20.2. The van der Waals surface area contributed by atoms with Gasteiger partial charge in [0.2, 0.25) is 0 Å². The van der Waals surface area contributed by atoms with Crippen LogP contribution in [0.2, 0.25) is 0 Å². The summed E-state index contributed by atoms with van der Waals surface area (Å²) in [5.74, 6) is -1.94. The Morgan fingerprint density at radius 3 is 1.06 bits per heavy atom. The van der Waals surface area contributed by atoms with Gasteiger partial charge in [-0.3, -0.25) is 0 Å². The number of unbranched alkanes of at least 4 members (excludes halogenated alkanes) is 7. The lowest BCUT2D eigenvalue weighted by atomic mass is 10.1. The first-order valence-corrected chi connectivity index (χ1v) is 6.02. The highest BCUT2D eigenvalue weighted by Gasteiger charge is 1.93. The lowest BCUT2D eigenvalue weighted by Crippen LogP contribution is -2.21. The van der Waals surface area contributed by atoms with E-state index in [1.54, 1.807) is 0 Å². The number of carboxylic acids is 2. The van der Waals surface area contributed by atoms with Gasteiger partial charge in [0.05, 0.1) is 0 Å². The van der Waals surface area contributed by atoms with Crippen molar-refractivity contribution < 1.29 is 19.8 Å². The van der Waals surface area contributed by atoms with Crippen LogP contribution in [0, 0.1) is 0 Å². The number of aliphatic carboxylic acids is 2. The molecule has 0 bridgehead atoms. The van der Waals surface area contributed by atoms with E-state index in [2.05, 4.69) is 0 Å². The van der Waals surface area contributed by atoms with Crippen LogP contribution in [-0.2, 0) is 9.59 Å². The quantitative estimate of drug-likeness (QED) is 0.479. The minimum absolute atomic E-state index is 0.158. The summed E-state index contributed by atoms with van der Waals surface area (Å²) in [6, 6.07) is 0. The van der Waals surface area contributed by atoms with Crippen molar-refractivity contribution >= 4 is 11.9 Å². The molecule has 0 aromatic heterocycles. The van der Waals surface area contributed by atoms with E-state index in [1.165, 1.54) is 0 Å². The Balaban J connectivity index is 2.98. The van der Waals surface area contributed by atoms with Crippen LogP contribution in [0.3, 0.4) is 0 Å². The average molecular weight is 228 g/mol. The first kappa shape index (κ1) is 14.9. The summed E-state index contributed by atoms with van der Waals surface area (Å²) < 4.78 is 0. The molecule has 0 aliphatic heterocycles. The van der Waals surface area contributed by atoms with Crippen molar-refractivity contribution in [3.63, 3.8) is 0 Å². The minimum atomic E-state index is -0.970. The lowest BCUT2D eigenvalue weighted by Gasteiger charge is -2.03. The Morgan fingerprint density at radius 2 is 0.812 bits per heavy atom. The van der Waals surface area contributed by atoms with Crippen molar-refractivity contribution in [2.75, 3.05) is 0 Å². The molecule has 0 rings (SSSR count). The van der Waals surface area contributed by atoms with E-state index in [9.17, 15) is 19.8 Å². The fraction of sp³-hybridized carbons (Fsp3) is 0.833. The Kier molecular flexibility index (Phi) is 9.76. The van der Waals surface area contributed by atoms with E-state index >= 15 is 0 Å². The number of carbonyl (C=O) groups is 2. The maximum absolute atomic E-state index is 10.1. The molecule has 16 heavy (non-hydrogen) atoms. The van der Waals surface area contributed by atoms with Gasteiger partial charge in [-0.05, 0) is 25.7 Å². The zero-order valence-corrected chi connectivity index (χ0v) is 9.70. The Hall–Kier alpha value is -1.06. The molecule has 0 spiro atoms. The SMILES string of the molecule is O=C([O-])CCCCCCCCCCC(=O)[O-]. The van der Waals surface area contributed by atoms with Crippen LogP contribution in [0.1, 0.15) is 64.2 Å². The van der Waals surface area contributed by atoms with E-state index in [4.69, 9.17) is 0 Å². The summed E-state index contributed by atoms with van der Waals surface area (Å²) in [5, 5.41) is 20.2. The number of rotatable bonds is 11. The van der Waals surface area contributed by atoms with Gasteiger partial charge in [0, 0.05) is 11.9 Å². The molecule has 4 heteroatoms. The second-order valence-corrected chi connectivity index (χ2v) is 4.07. The molecule has 0 aromatic rings. The van der Waals surface area contributed by atoms with Gasteiger partial charge < -0.3 is 19.8 Å². The molecule has 0 fully saturated rings. The molecule has 0 saturated carbocycles. The number of carbonyl (C=O) groups excluding carboxylic acids is 2. The molecule has 0 saturated heterocycles. The molecular formula is C12H20O4-2. The predicted octanol–water partition coefficient (Wildman–Crippen LogP) is 0.387. The Labute approximate surface area is 96.7 Å². The van der Waals surface area contributed by atoms with Gasteiger partial charge in [0.1, 0.15) is 0 Å². The standard InChI is InChI=1S/C12H22O4/c13-11(14)9-7-5-3-1-2-4-6-8-10-12(15)16/h1-10H2,(H,13,14)(H,15,16)/p-2. The highest BCUT2D eigenvalue weighted by molar-refractivity contribution is 5.64. The second-order valence-electron chi connectivity index (χ2n) is 4.07. The predicted molar refractivity (Wildman–Crippen MR) is 56.2 cm³/mol. The van der Waals surface area contributed by atoms with E-state index in [0.29, 0.717) is 12.8 Å². The normalized spacial score (nSPS) is 10.2. The summed E-state index contributed by atoms with van der Waals surface area (Å²) in [7, 11) is 0. The molecule has 0 radical (unpaired) electrons. The van der Waals surface area contributed by atoms with Crippen LogP contribution in [0.15, 0.2) is 0 Å². The maximum atomic E-state index is 10.1. The molecular weight excluding hydrogens is 208 g/mol. The van der Waals surface area contributed by atoms with Crippen LogP contribution in [-0.4, -0.2) is 11.9 Å². The van der Waals surface area contributed by atoms with E-state index < -0.39 is 11.9 Å². The van der Waals surface area contributed by atoms with Gasteiger partial charge in [0.25, 0.3) is 0 Å². The van der Waals surface area contributed by atoms with Crippen LogP contribution in [0.25, 0.3) is 0 Å². The molecule has 0 aliphatic rings. The first-order chi connectivity index (χ1) is 7.63. The smallest absolute Gasteiger partial charge is 0.0414 e. The zero-order valence-electron chi connectivity index (χ0n) is 9.70. The fourth-order valence-electron chi connectivity index (χ4n) is 1.60. The molecule has 0 aromatic carbocycles. The van der Waals surface area contributed by atoms with Gasteiger partial charge in [-0.25, -0.2) is 0 Å². The van der Waals surface area contributed by atoms with Gasteiger partial charge >= 0.3 is 0 Å². The van der Waals surface area contributed by atoms with Crippen molar-refractivity contribution in [2.24, 2.45) is 0 Å². The molecule has 0 N–H and O–H groups in total.